The molecule has 2 rings (SSSR count). The molecule has 0 atom stereocenters. The van der Waals surface area contributed by atoms with Gasteiger partial charge < -0.3 is 4.57 Å². The number of halogens is 1. The molecule has 4 nitrogen and oxygen atoms in total. The zero-order chi connectivity index (χ0) is 11.8. The van der Waals surface area contributed by atoms with Crippen LogP contribution in [0.4, 0.5) is 0 Å². The molecule has 16 heavy (non-hydrogen) atoms. The zero-order valence-electron chi connectivity index (χ0n) is 9.19. The molecule has 0 aliphatic heterocycles. The SMILES string of the molecule is Cc1nc(S(=O)(=O)Cl)cn1C1CCCCC1. The minimum atomic E-state index is -3.70. The first-order valence-corrected chi connectivity index (χ1v) is 7.79. The summed E-state index contributed by atoms with van der Waals surface area (Å²) in [4.78, 5) is 4.00. The Bertz CT molecular complexity index is 475. The van der Waals surface area contributed by atoms with Crippen molar-refractivity contribution in [3.05, 3.63) is 12.0 Å². The van der Waals surface area contributed by atoms with Gasteiger partial charge in [0, 0.05) is 22.9 Å². The van der Waals surface area contributed by atoms with Crippen molar-refractivity contribution in [3.63, 3.8) is 0 Å². The van der Waals surface area contributed by atoms with E-state index in [1.165, 1.54) is 19.3 Å². The third-order valence-corrected chi connectivity index (χ3v) is 4.28. The van der Waals surface area contributed by atoms with Crippen LogP contribution in [0.15, 0.2) is 11.2 Å². The van der Waals surface area contributed by atoms with E-state index in [0.717, 1.165) is 18.7 Å². The van der Waals surface area contributed by atoms with Crippen LogP contribution in [0.5, 0.6) is 0 Å². The molecule has 1 aliphatic carbocycles. The Morgan fingerprint density at radius 1 is 1.38 bits per heavy atom. The Hall–Kier alpha value is -0.550. The molecule has 1 heterocycles. The lowest BCUT2D eigenvalue weighted by molar-refractivity contribution is 0.348. The fourth-order valence-electron chi connectivity index (χ4n) is 2.30. The molecule has 0 N–H and O–H groups in total. The van der Waals surface area contributed by atoms with E-state index in [1.54, 1.807) is 6.20 Å². The predicted molar refractivity (Wildman–Crippen MR) is 62.1 cm³/mol. The highest BCUT2D eigenvalue weighted by atomic mass is 35.7. The molecule has 1 aliphatic rings. The Kier molecular flexibility index (Phi) is 3.26. The quantitative estimate of drug-likeness (QED) is 0.770. The third kappa shape index (κ3) is 2.40. The first-order chi connectivity index (χ1) is 7.48. The van der Waals surface area contributed by atoms with Gasteiger partial charge >= 0.3 is 0 Å². The van der Waals surface area contributed by atoms with E-state index in [4.69, 9.17) is 10.7 Å². The topological polar surface area (TPSA) is 52.0 Å². The van der Waals surface area contributed by atoms with Gasteiger partial charge in [0.05, 0.1) is 0 Å². The van der Waals surface area contributed by atoms with E-state index in [-0.39, 0.29) is 5.03 Å². The van der Waals surface area contributed by atoms with Crippen LogP contribution in [0.3, 0.4) is 0 Å². The lowest BCUT2D eigenvalue weighted by Crippen LogP contribution is -2.13. The molecule has 1 aromatic rings. The molecule has 1 fully saturated rings. The summed E-state index contributed by atoms with van der Waals surface area (Å²) in [5.41, 5.74) is 0. The number of hydrogen-bond acceptors (Lipinski definition) is 3. The average Bonchev–Trinajstić information content (AvgIpc) is 2.61. The van der Waals surface area contributed by atoms with Gasteiger partial charge in [-0.05, 0) is 19.8 Å². The van der Waals surface area contributed by atoms with Crippen molar-refractivity contribution in [1.29, 1.82) is 0 Å². The van der Waals surface area contributed by atoms with Gasteiger partial charge in [0.2, 0.25) is 0 Å². The average molecular weight is 263 g/mol. The Balaban J connectivity index is 2.31. The minimum Gasteiger partial charge on any atom is -0.331 e. The van der Waals surface area contributed by atoms with Gasteiger partial charge in [-0.3, -0.25) is 0 Å². The molecule has 0 saturated heterocycles. The largest absolute Gasteiger partial charge is 0.331 e. The fourth-order valence-corrected chi connectivity index (χ4v) is 3.01. The van der Waals surface area contributed by atoms with Crippen LogP contribution in [0.1, 0.15) is 44.0 Å². The number of imidazole rings is 1. The standard InChI is InChI=1S/C10H15ClN2O2S/c1-8-12-10(16(11,14)15)7-13(8)9-5-3-2-4-6-9/h7,9H,2-6H2,1H3. The van der Waals surface area contributed by atoms with Gasteiger partial charge in [-0.25, -0.2) is 13.4 Å². The van der Waals surface area contributed by atoms with E-state index < -0.39 is 9.05 Å². The molecule has 0 amide bonds. The molecule has 0 bridgehead atoms. The second-order valence-electron chi connectivity index (χ2n) is 4.26. The van der Waals surface area contributed by atoms with Crippen molar-refractivity contribution in [2.45, 2.75) is 50.1 Å². The molecule has 90 valence electrons. The van der Waals surface area contributed by atoms with Gasteiger partial charge in [-0.15, -0.1) is 0 Å². The van der Waals surface area contributed by atoms with Crippen molar-refractivity contribution < 1.29 is 8.42 Å². The van der Waals surface area contributed by atoms with Crippen LogP contribution in [0, 0.1) is 6.92 Å². The Labute approximate surface area is 100 Å². The lowest BCUT2D eigenvalue weighted by Gasteiger charge is -2.23. The summed E-state index contributed by atoms with van der Waals surface area (Å²) in [6.45, 7) is 1.82. The van der Waals surface area contributed by atoms with Crippen molar-refractivity contribution >= 4 is 19.7 Å². The Morgan fingerprint density at radius 2 is 2.00 bits per heavy atom. The van der Waals surface area contributed by atoms with E-state index in [0.29, 0.717) is 6.04 Å². The molecule has 6 heteroatoms. The van der Waals surface area contributed by atoms with Gasteiger partial charge in [-0.1, -0.05) is 19.3 Å². The molecule has 1 saturated carbocycles. The summed E-state index contributed by atoms with van der Waals surface area (Å²) in [6.07, 6.45) is 7.42. The monoisotopic (exact) mass is 262 g/mol. The molecule has 0 aromatic carbocycles. The summed E-state index contributed by atoms with van der Waals surface area (Å²) in [5, 5.41) is -0.0303. The van der Waals surface area contributed by atoms with Crippen molar-refractivity contribution in [2.75, 3.05) is 0 Å². The van der Waals surface area contributed by atoms with E-state index in [1.807, 2.05) is 11.5 Å². The van der Waals surface area contributed by atoms with Crippen LogP contribution in [0.2, 0.25) is 0 Å². The van der Waals surface area contributed by atoms with Gasteiger partial charge in [0.1, 0.15) is 5.82 Å². The second kappa shape index (κ2) is 4.37. The molecule has 0 radical (unpaired) electrons. The van der Waals surface area contributed by atoms with Gasteiger partial charge in [0.15, 0.2) is 5.03 Å². The van der Waals surface area contributed by atoms with E-state index >= 15 is 0 Å². The molecule has 0 spiro atoms. The highest BCUT2D eigenvalue weighted by molar-refractivity contribution is 8.13. The number of hydrogen-bond donors (Lipinski definition) is 0. The maximum atomic E-state index is 11.2. The van der Waals surface area contributed by atoms with Crippen LogP contribution in [-0.4, -0.2) is 18.0 Å². The smallest absolute Gasteiger partial charge is 0.280 e. The van der Waals surface area contributed by atoms with Gasteiger partial charge in [0.25, 0.3) is 9.05 Å². The molecule has 1 aromatic heterocycles. The fraction of sp³-hybridized carbons (Fsp3) is 0.700. The van der Waals surface area contributed by atoms with E-state index in [9.17, 15) is 8.42 Å². The summed E-state index contributed by atoms with van der Waals surface area (Å²) >= 11 is 0. The van der Waals surface area contributed by atoms with Gasteiger partial charge in [-0.2, -0.15) is 0 Å². The van der Waals surface area contributed by atoms with E-state index in [2.05, 4.69) is 4.98 Å². The predicted octanol–water partition coefficient (Wildman–Crippen LogP) is 2.62. The van der Waals surface area contributed by atoms with Crippen LogP contribution in [0.25, 0.3) is 0 Å². The summed E-state index contributed by atoms with van der Waals surface area (Å²) in [7, 11) is 1.58. The number of rotatable bonds is 2. The Morgan fingerprint density at radius 3 is 2.50 bits per heavy atom. The third-order valence-electron chi connectivity index (χ3n) is 3.11. The van der Waals surface area contributed by atoms with Crippen LogP contribution < -0.4 is 0 Å². The summed E-state index contributed by atoms with van der Waals surface area (Å²) < 4.78 is 24.3. The highest BCUT2D eigenvalue weighted by Gasteiger charge is 2.21. The highest BCUT2D eigenvalue weighted by Crippen LogP contribution is 2.30. The summed E-state index contributed by atoms with van der Waals surface area (Å²) in [5.74, 6) is 0.728. The lowest BCUT2D eigenvalue weighted by atomic mass is 9.95. The van der Waals surface area contributed by atoms with Crippen molar-refractivity contribution in [3.8, 4) is 0 Å². The number of aromatic nitrogens is 2. The number of aryl methyl sites for hydroxylation is 1. The normalized spacial score (nSPS) is 18.9. The minimum absolute atomic E-state index is 0.0303. The number of nitrogens with zero attached hydrogens (tertiary/aromatic N) is 2. The summed E-state index contributed by atoms with van der Waals surface area (Å²) in [6, 6.07) is 0.383. The van der Waals surface area contributed by atoms with Crippen molar-refractivity contribution in [1.82, 2.24) is 9.55 Å². The van der Waals surface area contributed by atoms with Crippen LogP contribution in [-0.2, 0) is 9.05 Å². The van der Waals surface area contributed by atoms with Crippen LogP contribution >= 0.6 is 10.7 Å². The first kappa shape index (κ1) is 11.9. The zero-order valence-corrected chi connectivity index (χ0v) is 10.8. The van der Waals surface area contributed by atoms with Crippen molar-refractivity contribution in [2.24, 2.45) is 0 Å². The maximum absolute atomic E-state index is 11.2. The molecular weight excluding hydrogens is 248 g/mol. The second-order valence-corrected chi connectivity index (χ2v) is 6.78. The molecule has 0 unspecified atom stereocenters. The molecular formula is C10H15ClN2O2S. The maximum Gasteiger partial charge on any atom is 0.280 e. The first-order valence-electron chi connectivity index (χ1n) is 5.48.